The van der Waals surface area contributed by atoms with Gasteiger partial charge in [-0.3, -0.25) is 0 Å². The van der Waals surface area contributed by atoms with E-state index in [0.717, 1.165) is 11.4 Å². The molecule has 0 N–H and O–H groups in total. The molecule has 8 rings (SSSR count). The summed E-state index contributed by atoms with van der Waals surface area (Å²) < 4.78 is 0. The quantitative estimate of drug-likeness (QED) is 0.229. The van der Waals surface area contributed by atoms with Crippen LogP contribution >= 0.6 is 0 Å². The van der Waals surface area contributed by atoms with Crippen LogP contribution in [0, 0.1) is 25.7 Å². The van der Waals surface area contributed by atoms with Gasteiger partial charge in [-0.2, -0.15) is 0 Å². The first-order valence-electron chi connectivity index (χ1n) is 15.4. The highest BCUT2D eigenvalue weighted by atomic mass is 15.2. The van der Waals surface area contributed by atoms with Crippen molar-refractivity contribution in [1.29, 1.82) is 0 Å². The first-order chi connectivity index (χ1) is 21.7. The zero-order chi connectivity index (χ0) is 29.6. The molecular formula is C42H34N2. The van der Waals surface area contributed by atoms with E-state index in [9.17, 15) is 0 Å². The number of para-hydroxylation sites is 2. The van der Waals surface area contributed by atoms with Gasteiger partial charge < -0.3 is 9.80 Å². The largest absolute Gasteiger partial charge is 0.310 e. The van der Waals surface area contributed by atoms with Crippen molar-refractivity contribution in [3.05, 3.63) is 203 Å². The molecule has 0 bridgehead atoms. The van der Waals surface area contributed by atoms with Crippen molar-refractivity contribution in [2.24, 2.45) is 11.8 Å². The Labute approximate surface area is 260 Å². The number of allylic oxidation sites excluding steroid dienone is 12. The third kappa shape index (κ3) is 4.42. The summed E-state index contributed by atoms with van der Waals surface area (Å²) in [4.78, 5) is 4.84. The highest BCUT2D eigenvalue weighted by Crippen LogP contribution is 2.53. The first kappa shape index (κ1) is 26.3. The molecule has 0 saturated carbocycles. The molecule has 4 aromatic carbocycles. The summed E-state index contributed by atoms with van der Waals surface area (Å²) in [5, 5.41) is 0. The van der Waals surface area contributed by atoms with Gasteiger partial charge in [0.05, 0.1) is 0 Å². The minimum atomic E-state index is 0.238. The van der Waals surface area contributed by atoms with Crippen LogP contribution in [-0.2, 0) is 0 Å². The Hall–Kier alpha value is -5.34. The molecule has 0 radical (unpaired) electrons. The van der Waals surface area contributed by atoms with Gasteiger partial charge in [0.25, 0.3) is 0 Å². The van der Waals surface area contributed by atoms with Crippen LogP contribution < -0.4 is 9.80 Å². The fourth-order valence-corrected chi connectivity index (χ4v) is 7.04. The van der Waals surface area contributed by atoms with E-state index in [1.807, 2.05) is 0 Å². The molecule has 4 aliphatic carbocycles. The maximum Gasteiger partial charge on any atom is 0.0500 e. The summed E-state index contributed by atoms with van der Waals surface area (Å²) in [6.07, 6.45) is 18.7. The smallest absolute Gasteiger partial charge is 0.0500 e. The van der Waals surface area contributed by atoms with Crippen LogP contribution in [-0.4, -0.2) is 0 Å². The molecule has 4 aromatic rings. The average molecular weight is 567 g/mol. The van der Waals surface area contributed by atoms with E-state index in [2.05, 4.69) is 181 Å². The maximum atomic E-state index is 2.42. The number of anilines is 4. The molecular weight excluding hydrogens is 532 g/mol. The number of rotatable bonds is 6. The second kappa shape index (κ2) is 10.7. The summed E-state index contributed by atoms with van der Waals surface area (Å²) >= 11 is 0. The van der Waals surface area contributed by atoms with Crippen LogP contribution in [0.25, 0.3) is 0 Å². The Morgan fingerprint density at radius 1 is 0.432 bits per heavy atom. The molecule has 4 aliphatic rings. The van der Waals surface area contributed by atoms with Gasteiger partial charge in [-0.05, 0) is 96.8 Å². The molecule has 212 valence electrons. The van der Waals surface area contributed by atoms with Crippen LogP contribution in [0.5, 0.6) is 0 Å². The van der Waals surface area contributed by atoms with Gasteiger partial charge in [0.2, 0.25) is 0 Å². The second-order valence-corrected chi connectivity index (χ2v) is 12.0. The number of nitrogens with zero attached hydrogens (tertiary/aromatic N) is 2. The van der Waals surface area contributed by atoms with Crippen LogP contribution in [0.3, 0.4) is 0 Å². The molecule has 0 saturated heterocycles. The van der Waals surface area contributed by atoms with Gasteiger partial charge in [-0.25, -0.2) is 0 Å². The maximum absolute atomic E-state index is 2.42. The van der Waals surface area contributed by atoms with Crippen molar-refractivity contribution >= 4 is 22.7 Å². The van der Waals surface area contributed by atoms with E-state index in [4.69, 9.17) is 0 Å². The Kier molecular flexibility index (Phi) is 6.42. The standard InChI is InChI=1S/C42H34N2/c1-29-13-21-35(22-14-29)43(33-9-5-3-6-10-33)39-27-19-31-18-26-38-40(28-20-32-17-25-37(39)41(31)42(32)38)44(34-11-7-4-8-12-34)36-23-15-30(2)16-24-36/h3-28,41-42H,1-2H3. The SMILES string of the molecule is Cc1ccc(N(C2=CC=C3C=CC4=C(N(c5ccccc5)c5ccc(C)cc5)C=CC5=CC=C2C3C54)c2ccccc2)cc1. The highest BCUT2D eigenvalue weighted by Gasteiger charge is 2.42. The highest BCUT2D eigenvalue weighted by molar-refractivity contribution is 5.78. The van der Waals surface area contributed by atoms with E-state index in [-0.39, 0.29) is 11.8 Å². The van der Waals surface area contributed by atoms with Crippen LogP contribution in [0.2, 0.25) is 0 Å². The van der Waals surface area contributed by atoms with E-state index in [1.54, 1.807) is 0 Å². The van der Waals surface area contributed by atoms with Gasteiger partial charge in [0.1, 0.15) is 0 Å². The molecule has 44 heavy (non-hydrogen) atoms. The van der Waals surface area contributed by atoms with Crippen LogP contribution in [0.1, 0.15) is 11.1 Å². The predicted octanol–water partition coefficient (Wildman–Crippen LogP) is 10.6. The number of hydrogen-bond acceptors (Lipinski definition) is 2. The van der Waals surface area contributed by atoms with Gasteiger partial charge in [0.15, 0.2) is 0 Å². The summed E-state index contributed by atoms with van der Waals surface area (Å²) in [6.45, 7) is 4.29. The molecule has 0 aromatic heterocycles. The van der Waals surface area contributed by atoms with E-state index in [1.165, 1.54) is 56.2 Å². The monoisotopic (exact) mass is 566 g/mol. The zero-order valence-electron chi connectivity index (χ0n) is 25.1. The van der Waals surface area contributed by atoms with Crippen molar-refractivity contribution in [2.75, 3.05) is 9.80 Å². The molecule has 0 aliphatic heterocycles. The lowest BCUT2D eigenvalue weighted by Crippen LogP contribution is -2.35. The minimum absolute atomic E-state index is 0.238. The van der Waals surface area contributed by atoms with Crippen LogP contribution in [0.4, 0.5) is 22.7 Å². The number of benzene rings is 4. The number of hydrogen-bond donors (Lipinski definition) is 0. The second-order valence-electron chi connectivity index (χ2n) is 12.0. The molecule has 0 amide bonds. The van der Waals surface area contributed by atoms with Gasteiger partial charge >= 0.3 is 0 Å². The van der Waals surface area contributed by atoms with Crippen molar-refractivity contribution in [3.63, 3.8) is 0 Å². The van der Waals surface area contributed by atoms with Crippen molar-refractivity contribution in [3.8, 4) is 0 Å². The average Bonchev–Trinajstić information content (AvgIpc) is 3.07. The fraction of sp³-hybridized carbons (Fsp3) is 0.0952. The third-order valence-corrected chi connectivity index (χ3v) is 9.19. The Bertz CT molecular complexity index is 1950. The van der Waals surface area contributed by atoms with Crippen molar-refractivity contribution in [1.82, 2.24) is 0 Å². The Balaban J connectivity index is 1.27. The van der Waals surface area contributed by atoms with Crippen molar-refractivity contribution < 1.29 is 0 Å². The summed E-state index contributed by atoms with van der Waals surface area (Å²) in [5.41, 5.74) is 15.1. The summed E-state index contributed by atoms with van der Waals surface area (Å²) in [6, 6.07) is 39.3. The van der Waals surface area contributed by atoms with E-state index < -0.39 is 0 Å². The lowest BCUT2D eigenvalue weighted by atomic mass is 9.63. The molecule has 0 fully saturated rings. The zero-order valence-corrected chi connectivity index (χ0v) is 25.1. The van der Waals surface area contributed by atoms with E-state index >= 15 is 0 Å². The summed E-state index contributed by atoms with van der Waals surface area (Å²) in [5.74, 6) is 0.476. The molecule has 0 spiro atoms. The Morgan fingerprint density at radius 2 is 0.932 bits per heavy atom. The normalized spacial score (nSPS) is 19.4. The molecule has 2 heteroatoms. The molecule has 0 heterocycles. The molecule has 2 unspecified atom stereocenters. The lowest BCUT2D eigenvalue weighted by molar-refractivity contribution is 0.551. The van der Waals surface area contributed by atoms with E-state index in [0.29, 0.717) is 0 Å². The van der Waals surface area contributed by atoms with Crippen molar-refractivity contribution in [2.45, 2.75) is 13.8 Å². The molecule has 2 atom stereocenters. The summed E-state index contributed by atoms with van der Waals surface area (Å²) in [7, 11) is 0. The molecule has 2 nitrogen and oxygen atoms in total. The Morgan fingerprint density at radius 3 is 1.57 bits per heavy atom. The topological polar surface area (TPSA) is 6.48 Å². The van der Waals surface area contributed by atoms with Crippen LogP contribution in [0.15, 0.2) is 191 Å². The van der Waals surface area contributed by atoms with Gasteiger partial charge in [0, 0.05) is 46.0 Å². The first-order valence-corrected chi connectivity index (χ1v) is 15.4. The van der Waals surface area contributed by atoms with Gasteiger partial charge in [-0.15, -0.1) is 0 Å². The minimum Gasteiger partial charge on any atom is -0.310 e. The number of aryl methyl sites for hydroxylation is 2. The fourth-order valence-electron chi connectivity index (χ4n) is 7.04. The lowest BCUT2D eigenvalue weighted by Gasteiger charge is -2.45. The predicted molar refractivity (Wildman–Crippen MR) is 184 cm³/mol. The van der Waals surface area contributed by atoms with Gasteiger partial charge in [-0.1, -0.05) is 108 Å². The third-order valence-electron chi connectivity index (χ3n) is 9.19.